The van der Waals surface area contributed by atoms with Gasteiger partial charge in [0.25, 0.3) is 5.91 Å². The van der Waals surface area contributed by atoms with Crippen LogP contribution in [0.25, 0.3) is 0 Å². The van der Waals surface area contributed by atoms with Crippen molar-refractivity contribution < 1.29 is 9.53 Å². The lowest BCUT2D eigenvalue weighted by atomic mass is 10.1. The molecular weight excluding hydrogens is 252 g/mol. The topological polar surface area (TPSA) is 62.1 Å². The van der Waals surface area contributed by atoms with Gasteiger partial charge in [-0.1, -0.05) is 11.6 Å². The van der Waals surface area contributed by atoms with Gasteiger partial charge >= 0.3 is 0 Å². The number of hydrogen-bond acceptors (Lipinski definition) is 3. The molecular formula is C16H20N2O2. The smallest absolute Gasteiger partial charge is 0.252 e. The van der Waals surface area contributed by atoms with Crippen molar-refractivity contribution in [3.8, 4) is 11.8 Å². The number of hydrogen-bond donors (Lipinski definition) is 1. The molecule has 1 aromatic carbocycles. The number of benzene rings is 1. The maximum Gasteiger partial charge on any atom is 0.252 e. The molecule has 0 aromatic heterocycles. The summed E-state index contributed by atoms with van der Waals surface area (Å²) in [5.74, 6) is 0.342. The molecule has 0 aliphatic heterocycles. The number of carbonyl (C=O) groups excluding carboxylic acids is 1. The molecule has 106 valence electrons. The van der Waals surface area contributed by atoms with E-state index in [9.17, 15) is 4.79 Å². The molecule has 0 spiro atoms. The van der Waals surface area contributed by atoms with Gasteiger partial charge in [-0.3, -0.25) is 4.79 Å². The molecule has 0 heterocycles. The highest BCUT2D eigenvalue weighted by Crippen LogP contribution is 2.14. The molecule has 0 fully saturated rings. The van der Waals surface area contributed by atoms with Crippen LogP contribution in [0, 0.1) is 11.3 Å². The minimum Gasteiger partial charge on any atom is -0.490 e. The van der Waals surface area contributed by atoms with Gasteiger partial charge in [-0.05, 0) is 52.0 Å². The highest BCUT2D eigenvalue weighted by Gasteiger charge is 2.20. The predicted octanol–water partition coefficient (Wildman–Crippen LogP) is 3.06. The van der Waals surface area contributed by atoms with E-state index < -0.39 is 5.54 Å². The van der Waals surface area contributed by atoms with Crippen LogP contribution in [0.5, 0.6) is 5.75 Å². The summed E-state index contributed by atoms with van der Waals surface area (Å²) in [6.07, 6.45) is 1.96. The van der Waals surface area contributed by atoms with Crippen LogP contribution in [0.1, 0.15) is 38.1 Å². The Hall–Kier alpha value is -2.28. The van der Waals surface area contributed by atoms with Crippen LogP contribution >= 0.6 is 0 Å². The molecule has 0 saturated heterocycles. The van der Waals surface area contributed by atoms with Crippen molar-refractivity contribution in [2.75, 3.05) is 6.61 Å². The van der Waals surface area contributed by atoms with Crippen LogP contribution in [0.4, 0.5) is 0 Å². The summed E-state index contributed by atoms with van der Waals surface area (Å²) >= 11 is 0. The van der Waals surface area contributed by atoms with Gasteiger partial charge in [0.1, 0.15) is 17.9 Å². The minimum atomic E-state index is -0.893. The van der Waals surface area contributed by atoms with Gasteiger partial charge in [-0.15, -0.1) is 0 Å². The van der Waals surface area contributed by atoms with E-state index in [0.29, 0.717) is 17.9 Å². The van der Waals surface area contributed by atoms with Crippen molar-refractivity contribution in [3.63, 3.8) is 0 Å². The first-order valence-electron chi connectivity index (χ1n) is 6.44. The van der Waals surface area contributed by atoms with E-state index in [1.807, 2.05) is 26.0 Å². The average Bonchev–Trinajstić information content (AvgIpc) is 2.38. The van der Waals surface area contributed by atoms with Crippen molar-refractivity contribution >= 4 is 5.91 Å². The molecule has 0 radical (unpaired) electrons. The van der Waals surface area contributed by atoms with Gasteiger partial charge in [-0.25, -0.2) is 0 Å². The van der Waals surface area contributed by atoms with Crippen molar-refractivity contribution in [1.82, 2.24) is 5.32 Å². The van der Waals surface area contributed by atoms with Gasteiger partial charge in [0.2, 0.25) is 0 Å². The van der Waals surface area contributed by atoms with E-state index in [2.05, 4.69) is 5.32 Å². The summed E-state index contributed by atoms with van der Waals surface area (Å²) in [5, 5.41) is 11.6. The van der Waals surface area contributed by atoms with Gasteiger partial charge in [0.05, 0.1) is 6.07 Å². The zero-order valence-electron chi connectivity index (χ0n) is 12.4. The zero-order valence-corrected chi connectivity index (χ0v) is 12.4. The number of carbonyl (C=O) groups is 1. The first-order valence-corrected chi connectivity index (χ1v) is 6.44. The summed E-state index contributed by atoms with van der Waals surface area (Å²) in [7, 11) is 0. The average molecular weight is 272 g/mol. The fourth-order valence-corrected chi connectivity index (χ4v) is 1.42. The van der Waals surface area contributed by atoms with Gasteiger partial charge < -0.3 is 10.1 Å². The number of nitrogens with one attached hydrogen (secondary N) is 1. The number of ether oxygens (including phenoxy) is 1. The number of nitrogens with zero attached hydrogens (tertiary/aromatic N) is 1. The number of rotatable bonds is 5. The standard InChI is InChI=1S/C16H20N2O2/c1-12(2)8-9-20-14-7-5-6-13(10-14)15(19)18-16(3,4)11-17/h5-8,10H,9H2,1-4H3,(H,18,19). The van der Waals surface area contributed by atoms with Crippen LogP contribution in [0.2, 0.25) is 0 Å². The molecule has 1 aromatic rings. The monoisotopic (exact) mass is 272 g/mol. The Labute approximate surface area is 120 Å². The molecule has 20 heavy (non-hydrogen) atoms. The van der Waals surface area contributed by atoms with Crippen LogP contribution < -0.4 is 10.1 Å². The second-order valence-electron chi connectivity index (χ2n) is 5.31. The lowest BCUT2D eigenvalue weighted by Crippen LogP contribution is -2.42. The van der Waals surface area contributed by atoms with E-state index >= 15 is 0 Å². The number of amides is 1. The Morgan fingerprint density at radius 3 is 2.75 bits per heavy atom. The Bertz CT molecular complexity index is 550. The molecule has 1 rings (SSSR count). The molecule has 0 aliphatic rings. The van der Waals surface area contributed by atoms with Gasteiger partial charge in [0, 0.05) is 5.56 Å². The summed E-state index contributed by atoms with van der Waals surface area (Å²) in [5.41, 5.74) is 0.758. The first-order chi connectivity index (χ1) is 9.34. The molecule has 0 bridgehead atoms. The first kappa shape index (κ1) is 15.8. The highest BCUT2D eigenvalue weighted by atomic mass is 16.5. The largest absolute Gasteiger partial charge is 0.490 e. The lowest BCUT2D eigenvalue weighted by molar-refractivity contribution is 0.0929. The molecule has 0 saturated carbocycles. The third-order valence-corrected chi connectivity index (χ3v) is 2.54. The third kappa shape index (κ3) is 5.15. The van der Waals surface area contributed by atoms with Crippen molar-refractivity contribution in [2.45, 2.75) is 33.2 Å². The van der Waals surface area contributed by atoms with Crippen LogP contribution in [-0.2, 0) is 0 Å². The summed E-state index contributed by atoms with van der Waals surface area (Å²) in [6, 6.07) is 8.94. The molecule has 1 amide bonds. The van der Waals surface area contributed by atoms with E-state index in [1.165, 1.54) is 5.57 Å². The molecule has 0 unspecified atom stereocenters. The minimum absolute atomic E-state index is 0.288. The van der Waals surface area contributed by atoms with Crippen LogP contribution in [-0.4, -0.2) is 18.1 Å². The molecule has 0 aliphatic carbocycles. The molecule has 0 atom stereocenters. The summed E-state index contributed by atoms with van der Waals surface area (Å²) < 4.78 is 5.54. The lowest BCUT2D eigenvalue weighted by Gasteiger charge is -2.17. The Morgan fingerprint density at radius 2 is 2.15 bits per heavy atom. The van der Waals surface area contributed by atoms with Crippen LogP contribution in [0.3, 0.4) is 0 Å². The highest BCUT2D eigenvalue weighted by molar-refractivity contribution is 5.95. The van der Waals surface area contributed by atoms with Crippen molar-refractivity contribution in [3.05, 3.63) is 41.5 Å². The molecule has 4 heteroatoms. The summed E-state index contributed by atoms with van der Waals surface area (Å²) in [6.45, 7) is 7.77. The Morgan fingerprint density at radius 1 is 1.45 bits per heavy atom. The third-order valence-electron chi connectivity index (χ3n) is 2.54. The van der Waals surface area contributed by atoms with Crippen molar-refractivity contribution in [2.24, 2.45) is 0 Å². The van der Waals surface area contributed by atoms with Crippen LogP contribution in [0.15, 0.2) is 35.9 Å². The quantitative estimate of drug-likeness (QED) is 0.838. The SMILES string of the molecule is CC(C)=CCOc1cccc(C(=O)NC(C)(C)C#N)c1. The fourth-order valence-electron chi connectivity index (χ4n) is 1.42. The van der Waals surface area contributed by atoms with E-state index in [0.717, 1.165) is 0 Å². The van der Waals surface area contributed by atoms with Gasteiger partial charge in [0.15, 0.2) is 0 Å². The normalized spacial score (nSPS) is 10.3. The Balaban J connectivity index is 2.75. The number of nitriles is 1. The predicted molar refractivity (Wildman–Crippen MR) is 78.5 cm³/mol. The van der Waals surface area contributed by atoms with Crippen molar-refractivity contribution in [1.29, 1.82) is 5.26 Å². The zero-order chi connectivity index (χ0) is 15.2. The maximum absolute atomic E-state index is 12.0. The maximum atomic E-state index is 12.0. The second-order valence-corrected chi connectivity index (χ2v) is 5.31. The second kappa shape index (κ2) is 6.76. The summed E-state index contributed by atoms with van der Waals surface area (Å²) in [4.78, 5) is 12.0. The van der Waals surface area contributed by atoms with E-state index in [1.54, 1.807) is 38.1 Å². The molecule has 4 nitrogen and oxygen atoms in total. The molecule has 1 N–H and O–H groups in total. The number of allylic oxidation sites excluding steroid dienone is 1. The van der Waals surface area contributed by atoms with E-state index in [-0.39, 0.29) is 5.91 Å². The van der Waals surface area contributed by atoms with Gasteiger partial charge in [-0.2, -0.15) is 5.26 Å². The fraction of sp³-hybridized carbons (Fsp3) is 0.375. The van der Waals surface area contributed by atoms with E-state index in [4.69, 9.17) is 10.00 Å². The Kier molecular flexibility index (Phi) is 5.33.